The molecule has 0 fully saturated rings. The van der Waals surface area contributed by atoms with Crippen molar-refractivity contribution in [2.45, 2.75) is 19.6 Å². The van der Waals surface area contributed by atoms with Gasteiger partial charge in [-0.3, -0.25) is 0 Å². The largest absolute Gasteiger partial charge is 0.129 e. The lowest BCUT2D eigenvalue weighted by atomic mass is 10.0. The second-order valence-electron chi connectivity index (χ2n) is 5.81. The standard InChI is InChI=1S/C17H16Si/c1-18(2,3)11-10-14-12-15-8-4-6-13-7-5-9-16(14)17(13)15/h4-9,12H,1-3H3. The highest BCUT2D eigenvalue weighted by molar-refractivity contribution is 6.84. The van der Waals surface area contributed by atoms with Gasteiger partial charge in [0.25, 0.3) is 0 Å². The van der Waals surface area contributed by atoms with Crippen LogP contribution in [0.15, 0.2) is 36.4 Å². The van der Waals surface area contributed by atoms with Gasteiger partial charge in [-0.05, 0) is 28.0 Å². The van der Waals surface area contributed by atoms with Gasteiger partial charge in [-0.1, -0.05) is 62.0 Å². The Hall–Kier alpha value is -1.78. The first-order chi connectivity index (χ1) is 8.54. The van der Waals surface area contributed by atoms with Crippen LogP contribution < -0.4 is 0 Å². The van der Waals surface area contributed by atoms with Crippen LogP contribution in [0.2, 0.25) is 19.6 Å². The molecule has 18 heavy (non-hydrogen) atoms. The van der Waals surface area contributed by atoms with Crippen LogP contribution in [-0.4, -0.2) is 8.07 Å². The van der Waals surface area contributed by atoms with Crippen LogP contribution in [0, 0.1) is 11.5 Å². The Balaban J connectivity index is 2.18. The van der Waals surface area contributed by atoms with Gasteiger partial charge in [0.1, 0.15) is 8.07 Å². The van der Waals surface area contributed by atoms with E-state index >= 15 is 0 Å². The molecule has 88 valence electrons. The summed E-state index contributed by atoms with van der Waals surface area (Å²) in [5.74, 6) is 3.40. The highest BCUT2D eigenvalue weighted by Gasteiger charge is 2.15. The van der Waals surface area contributed by atoms with Crippen molar-refractivity contribution in [2.75, 3.05) is 0 Å². The summed E-state index contributed by atoms with van der Waals surface area (Å²) in [7, 11) is -1.31. The van der Waals surface area contributed by atoms with Crippen LogP contribution in [0.1, 0.15) is 11.1 Å². The van der Waals surface area contributed by atoms with Crippen LogP contribution in [-0.2, 0) is 0 Å². The zero-order valence-electron chi connectivity index (χ0n) is 11.0. The fourth-order valence-corrected chi connectivity index (χ4v) is 2.82. The number of hydrogen-bond acceptors (Lipinski definition) is 0. The average molecular weight is 248 g/mol. The van der Waals surface area contributed by atoms with Gasteiger partial charge in [0, 0.05) is 5.57 Å². The fourth-order valence-electron chi connectivity index (χ4n) is 2.31. The van der Waals surface area contributed by atoms with E-state index in [0.717, 1.165) is 0 Å². The van der Waals surface area contributed by atoms with Crippen LogP contribution in [0.3, 0.4) is 0 Å². The SMILES string of the molecule is C[Si](C)(C)C#CC1=Cc2cccc3cccc1c23. The topological polar surface area (TPSA) is 0 Å². The molecule has 0 saturated heterocycles. The van der Waals surface area contributed by atoms with Gasteiger partial charge in [-0.15, -0.1) is 5.54 Å². The molecule has 0 radical (unpaired) electrons. The summed E-state index contributed by atoms with van der Waals surface area (Å²) in [6.45, 7) is 6.84. The predicted octanol–water partition coefficient (Wildman–Crippen LogP) is 4.57. The van der Waals surface area contributed by atoms with Crippen molar-refractivity contribution in [1.29, 1.82) is 0 Å². The van der Waals surface area contributed by atoms with Crippen LogP contribution in [0.25, 0.3) is 22.4 Å². The molecule has 0 heterocycles. The average Bonchev–Trinajstić information content (AvgIpc) is 2.67. The predicted molar refractivity (Wildman–Crippen MR) is 82.9 cm³/mol. The van der Waals surface area contributed by atoms with E-state index in [1.807, 2.05) is 0 Å². The van der Waals surface area contributed by atoms with Crippen molar-refractivity contribution in [3.05, 3.63) is 47.5 Å². The zero-order valence-corrected chi connectivity index (χ0v) is 12.0. The van der Waals surface area contributed by atoms with Gasteiger partial charge in [0.2, 0.25) is 0 Å². The molecule has 1 heteroatoms. The molecule has 0 spiro atoms. The second-order valence-corrected chi connectivity index (χ2v) is 10.6. The monoisotopic (exact) mass is 248 g/mol. The molecule has 0 N–H and O–H groups in total. The number of benzene rings is 2. The van der Waals surface area contributed by atoms with Crippen LogP contribution >= 0.6 is 0 Å². The van der Waals surface area contributed by atoms with E-state index in [1.165, 1.54) is 27.5 Å². The smallest absolute Gasteiger partial charge is 0.127 e. The third-order valence-electron chi connectivity index (χ3n) is 3.10. The van der Waals surface area contributed by atoms with Gasteiger partial charge in [0.15, 0.2) is 0 Å². The lowest BCUT2D eigenvalue weighted by Crippen LogP contribution is -2.16. The Morgan fingerprint density at radius 3 is 2.39 bits per heavy atom. The summed E-state index contributed by atoms with van der Waals surface area (Å²) >= 11 is 0. The Bertz CT molecular complexity index is 713. The van der Waals surface area contributed by atoms with Crippen LogP contribution in [0.4, 0.5) is 0 Å². The van der Waals surface area contributed by atoms with Crippen molar-refractivity contribution in [2.24, 2.45) is 0 Å². The summed E-state index contributed by atoms with van der Waals surface area (Å²) in [4.78, 5) is 0. The maximum Gasteiger partial charge on any atom is 0.129 e. The zero-order chi connectivity index (χ0) is 12.8. The molecule has 0 nitrogen and oxygen atoms in total. The lowest BCUT2D eigenvalue weighted by molar-refractivity contribution is 1.71. The summed E-state index contributed by atoms with van der Waals surface area (Å²) < 4.78 is 0. The number of allylic oxidation sites excluding steroid dienone is 1. The Morgan fingerprint density at radius 2 is 1.67 bits per heavy atom. The van der Waals surface area contributed by atoms with E-state index in [2.05, 4.69) is 73.6 Å². The molecule has 1 aliphatic rings. The maximum absolute atomic E-state index is 3.46. The van der Waals surface area contributed by atoms with Crippen molar-refractivity contribution in [3.8, 4) is 11.5 Å². The normalized spacial score (nSPS) is 13.2. The summed E-state index contributed by atoms with van der Waals surface area (Å²) in [5.41, 5.74) is 7.25. The summed E-state index contributed by atoms with van der Waals surface area (Å²) in [6, 6.07) is 12.9. The fraction of sp³-hybridized carbons (Fsp3) is 0.176. The minimum Gasteiger partial charge on any atom is -0.127 e. The first-order valence-electron chi connectivity index (χ1n) is 6.32. The molecule has 0 saturated carbocycles. The van der Waals surface area contributed by atoms with Gasteiger partial charge in [0.05, 0.1) is 0 Å². The third kappa shape index (κ3) is 1.89. The summed E-state index contributed by atoms with van der Waals surface area (Å²) in [6.07, 6.45) is 2.23. The first kappa shape index (κ1) is 11.3. The first-order valence-corrected chi connectivity index (χ1v) is 9.82. The highest BCUT2D eigenvalue weighted by atomic mass is 28.3. The Kier molecular flexibility index (Phi) is 2.43. The third-order valence-corrected chi connectivity index (χ3v) is 3.97. The molecule has 2 aromatic rings. The van der Waals surface area contributed by atoms with E-state index in [9.17, 15) is 0 Å². The second kappa shape index (κ2) is 3.86. The van der Waals surface area contributed by atoms with Gasteiger partial charge in [-0.2, -0.15) is 0 Å². The molecule has 2 aromatic carbocycles. The minimum absolute atomic E-state index is 1.18. The summed E-state index contributed by atoms with van der Waals surface area (Å²) in [5, 5.41) is 2.67. The quantitative estimate of drug-likeness (QED) is 0.473. The van der Waals surface area contributed by atoms with E-state index in [4.69, 9.17) is 0 Å². The van der Waals surface area contributed by atoms with Crippen LogP contribution in [0.5, 0.6) is 0 Å². The number of rotatable bonds is 0. The van der Waals surface area contributed by atoms with Crippen molar-refractivity contribution < 1.29 is 0 Å². The van der Waals surface area contributed by atoms with Gasteiger partial charge in [-0.25, -0.2) is 0 Å². The van der Waals surface area contributed by atoms with E-state index in [1.54, 1.807) is 0 Å². The molecule has 0 atom stereocenters. The maximum atomic E-state index is 3.46. The minimum atomic E-state index is -1.31. The van der Waals surface area contributed by atoms with Gasteiger partial charge < -0.3 is 0 Å². The number of hydrogen-bond donors (Lipinski definition) is 0. The van der Waals surface area contributed by atoms with E-state index in [-0.39, 0.29) is 0 Å². The molecule has 3 rings (SSSR count). The molecule has 0 aromatic heterocycles. The Labute approximate surface area is 109 Å². The molecule has 0 amide bonds. The Morgan fingerprint density at radius 1 is 0.944 bits per heavy atom. The van der Waals surface area contributed by atoms with Gasteiger partial charge >= 0.3 is 0 Å². The lowest BCUT2D eigenvalue weighted by Gasteiger charge is -2.04. The van der Waals surface area contributed by atoms with Crippen molar-refractivity contribution in [1.82, 2.24) is 0 Å². The van der Waals surface area contributed by atoms with Crippen molar-refractivity contribution in [3.63, 3.8) is 0 Å². The molecule has 0 unspecified atom stereocenters. The van der Waals surface area contributed by atoms with Crippen molar-refractivity contribution >= 4 is 30.5 Å². The molecule has 1 aliphatic carbocycles. The van der Waals surface area contributed by atoms with E-state index in [0.29, 0.717) is 0 Å². The molecule has 0 aliphatic heterocycles. The molecular weight excluding hydrogens is 232 g/mol. The molecule has 0 bridgehead atoms. The highest BCUT2D eigenvalue weighted by Crippen LogP contribution is 2.35. The van der Waals surface area contributed by atoms with E-state index < -0.39 is 8.07 Å². The molecular formula is C17H16Si.